The monoisotopic (exact) mass is 543 g/mol. The molecule has 1 heterocycles. The van der Waals surface area contributed by atoms with Gasteiger partial charge in [0.25, 0.3) is 11.6 Å². The molecule has 3 N–H and O–H groups in total. The molecule has 196 valence electrons. The van der Waals surface area contributed by atoms with Crippen molar-refractivity contribution in [2.45, 2.75) is 12.8 Å². The summed E-state index contributed by atoms with van der Waals surface area (Å²) in [4.78, 5) is 36.3. The number of nitrogens with one attached hydrogen (secondary N) is 3. The van der Waals surface area contributed by atoms with Gasteiger partial charge in [-0.3, -0.25) is 19.7 Å². The summed E-state index contributed by atoms with van der Waals surface area (Å²) in [6.45, 7) is 1.65. The first-order valence-corrected chi connectivity index (χ1v) is 12.7. The van der Waals surface area contributed by atoms with E-state index in [2.05, 4.69) is 22.0 Å². The number of thioether (sulfide) groups is 1. The molecule has 0 aliphatic carbocycles. The van der Waals surface area contributed by atoms with Crippen LogP contribution < -0.4 is 16.0 Å². The molecular formula is C28H22FN5O4S. The molecule has 0 saturated carbocycles. The fourth-order valence-electron chi connectivity index (χ4n) is 4.07. The molecule has 0 aromatic heterocycles. The molecule has 4 rings (SSSR count). The lowest BCUT2D eigenvalue weighted by Crippen LogP contribution is -2.31. The first-order valence-electron chi connectivity index (χ1n) is 11.7. The van der Waals surface area contributed by atoms with Crippen molar-refractivity contribution in [3.63, 3.8) is 0 Å². The molecule has 1 atom stereocenters. The molecular weight excluding hydrogens is 521 g/mol. The van der Waals surface area contributed by atoms with Crippen LogP contribution in [0, 0.1) is 27.3 Å². The number of nitriles is 1. The number of allylic oxidation sites excluding steroid dienone is 2. The SMILES string of the molecule is CC1=C(C(=O)Nc2ccccc2)[C@@H](c2ccccc2F)C(C#N)=C(SCC(=O)Nc2ccc([N+](=O)[O-])cc2)N1. The smallest absolute Gasteiger partial charge is 0.269 e. The van der Waals surface area contributed by atoms with Crippen molar-refractivity contribution < 1.29 is 18.9 Å². The molecule has 0 radical (unpaired) electrons. The zero-order chi connectivity index (χ0) is 27.9. The maximum absolute atomic E-state index is 15.0. The predicted molar refractivity (Wildman–Crippen MR) is 147 cm³/mol. The zero-order valence-electron chi connectivity index (χ0n) is 20.6. The average molecular weight is 544 g/mol. The molecule has 3 aromatic carbocycles. The third kappa shape index (κ3) is 6.31. The first-order chi connectivity index (χ1) is 18.8. The van der Waals surface area contributed by atoms with Gasteiger partial charge in [-0.25, -0.2) is 4.39 Å². The molecule has 0 bridgehead atoms. The second-order valence-corrected chi connectivity index (χ2v) is 9.42. The van der Waals surface area contributed by atoms with Crippen molar-refractivity contribution in [2.24, 2.45) is 0 Å². The summed E-state index contributed by atoms with van der Waals surface area (Å²) in [7, 11) is 0. The highest BCUT2D eigenvalue weighted by Gasteiger charge is 2.36. The summed E-state index contributed by atoms with van der Waals surface area (Å²) >= 11 is 1.03. The molecule has 0 unspecified atom stereocenters. The van der Waals surface area contributed by atoms with E-state index in [0.29, 0.717) is 22.1 Å². The molecule has 11 heteroatoms. The van der Waals surface area contributed by atoms with E-state index in [4.69, 9.17) is 0 Å². The van der Waals surface area contributed by atoms with Crippen molar-refractivity contribution in [1.82, 2.24) is 5.32 Å². The number of halogens is 1. The number of carbonyl (C=O) groups is 2. The van der Waals surface area contributed by atoms with Crippen LogP contribution >= 0.6 is 11.8 Å². The fraction of sp³-hybridized carbons (Fsp3) is 0.107. The average Bonchev–Trinajstić information content (AvgIpc) is 2.92. The lowest BCUT2D eigenvalue weighted by atomic mass is 9.82. The summed E-state index contributed by atoms with van der Waals surface area (Å²) in [5.74, 6) is -2.62. The maximum atomic E-state index is 15.0. The summed E-state index contributed by atoms with van der Waals surface area (Å²) in [6, 6.07) is 22.2. The number of nitro benzene ring substituents is 1. The molecule has 0 fully saturated rings. The number of benzene rings is 3. The number of rotatable bonds is 8. The van der Waals surface area contributed by atoms with E-state index >= 15 is 4.39 Å². The van der Waals surface area contributed by atoms with Crippen LogP contribution in [-0.4, -0.2) is 22.5 Å². The number of non-ortho nitro benzene ring substituents is 1. The van der Waals surface area contributed by atoms with Gasteiger partial charge in [0.05, 0.1) is 33.3 Å². The number of dihydropyridines is 1. The van der Waals surface area contributed by atoms with Crippen LogP contribution in [0.5, 0.6) is 0 Å². The quantitative estimate of drug-likeness (QED) is 0.254. The van der Waals surface area contributed by atoms with Gasteiger partial charge in [0, 0.05) is 40.3 Å². The number of nitrogens with zero attached hydrogens (tertiary/aromatic N) is 2. The summed E-state index contributed by atoms with van der Waals surface area (Å²) in [5, 5.41) is 29.8. The Morgan fingerprint density at radius 3 is 2.31 bits per heavy atom. The van der Waals surface area contributed by atoms with E-state index < -0.39 is 28.5 Å². The van der Waals surface area contributed by atoms with Gasteiger partial charge < -0.3 is 16.0 Å². The van der Waals surface area contributed by atoms with Crippen LogP contribution in [0.1, 0.15) is 18.4 Å². The van der Waals surface area contributed by atoms with Gasteiger partial charge in [-0.1, -0.05) is 48.2 Å². The van der Waals surface area contributed by atoms with Gasteiger partial charge in [-0.15, -0.1) is 0 Å². The van der Waals surface area contributed by atoms with Crippen LogP contribution in [0.3, 0.4) is 0 Å². The van der Waals surface area contributed by atoms with E-state index in [0.717, 1.165) is 11.8 Å². The Bertz CT molecular complexity index is 1530. The van der Waals surface area contributed by atoms with Crippen LogP contribution in [0.4, 0.5) is 21.5 Å². The topological polar surface area (TPSA) is 137 Å². The number of carbonyl (C=O) groups excluding carboxylic acids is 2. The maximum Gasteiger partial charge on any atom is 0.269 e. The van der Waals surface area contributed by atoms with Crippen LogP contribution in [-0.2, 0) is 9.59 Å². The highest BCUT2D eigenvalue weighted by molar-refractivity contribution is 8.03. The standard InChI is InChI=1S/C28H22FN5O4S/c1-17-25(27(36)33-18-7-3-2-4-8-18)26(21-9-5-6-10-23(21)29)22(15-30)28(31-17)39-16-24(35)32-19-11-13-20(14-12-19)34(37)38/h2-14,26,31H,16H2,1H3,(H,32,35)(H,33,36)/t26-/m0/s1. The second kappa shape index (κ2) is 12.1. The first kappa shape index (κ1) is 27.1. The summed E-state index contributed by atoms with van der Waals surface area (Å²) in [6.07, 6.45) is 0. The summed E-state index contributed by atoms with van der Waals surface area (Å²) in [5.41, 5.74) is 1.65. The van der Waals surface area contributed by atoms with E-state index in [9.17, 15) is 25.0 Å². The van der Waals surface area contributed by atoms with Crippen molar-refractivity contribution in [1.29, 1.82) is 5.26 Å². The number of hydrogen-bond acceptors (Lipinski definition) is 7. The van der Waals surface area contributed by atoms with Crippen LogP contribution in [0.25, 0.3) is 0 Å². The second-order valence-electron chi connectivity index (χ2n) is 8.43. The molecule has 1 aliphatic heterocycles. The Kier molecular flexibility index (Phi) is 8.38. The summed E-state index contributed by atoms with van der Waals surface area (Å²) < 4.78 is 15.0. The van der Waals surface area contributed by atoms with E-state index in [-0.39, 0.29) is 28.1 Å². The van der Waals surface area contributed by atoms with Gasteiger partial charge in [0.1, 0.15) is 5.82 Å². The van der Waals surface area contributed by atoms with Gasteiger partial charge in [0.2, 0.25) is 5.91 Å². The molecule has 0 spiro atoms. The van der Waals surface area contributed by atoms with Crippen molar-refractivity contribution in [2.75, 3.05) is 16.4 Å². The van der Waals surface area contributed by atoms with E-state index in [1.54, 1.807) is 37.3 Å². The van der Waals surface area contributed by atoms with E-state index in [1.165, 1.54) is 42.5 Å². The zero-order valence-corrected chi connectivity index (χ0v) is 21.4. The van der Waals surface area contributed by atoms with Crippen LogP contribution in [0.2, 0.25) is 0 Å². The van der Waals surface area contributed by atoms with Gasteiger partial charge in [0.15, 0.2) is 0 Å². The Morgan fingerprint density at radius 1 is 1.03 bits per heavy atom. The normalized spacial score (nSPS) is 14.7. The Labute approximate surface area is 227 Å². The van der Waals surface area contributed by atoms with Crippen molar-refractivity contribution >= 4 is 40.6 Å². The van der Waals surface area contributed by atoms with Crippen molar-refractivity contribution in [3.8, 4) is 6.07 Å². The third-order valence-electron chi connectivity index (χ3n) is 5.85. The molecule has 0 saturated heterocycles. The molecule has 3 aromatic rings. The minimum atomic E-state index is -1.01. The highest BCUT2D eigenvalue weighted by atomic mass is 32.2. The highest BCUT2D eigenvalue weighted by Crippen LogP contribution is 2.41. The fourth-order valence-corrected chi connectivity index (χ4v) is 4.96. The number of amides is 2. The van der Waals surface area contributed by atoms with Gasteiger partial charge in [-0.2, -0.15) is 5.26 Å². The molecule has 2 amide bonds. The van der Waals surface area contributed by atoms with Crippen molar-refractivity contribution in [3.05, 3.63) is 122 Å². The Balaban J connectivity index is 1.60. The molecule has 9 nitrogen and oxygen atoms in total. The number of para-hydroxylation sites is 1. The number of anilines is 2. The number of hydrogen-bond donors (Lipinski definition) is 3. The van der Waals surface area contributed by atoms with Gasteiger partial charge in [-0.05, 0) is 37.3 Å². The van der Waals surface area contributed by atoms with Gasteiger partial charge >= 0.3 is 0 Å². The molecule has 39 heavy (non-hydrogen) atoms. The minimum Gasteiger partial charge on any atom is -0.353 e. The Hall–Kier alpha value is -4.95. The number of nitro groups is 1. The van der Waals surface area contributed by atoms with Crippen LogP contribution in [0.15, 0.2) is 101 Å². The minimum absolute atomic E-state index is 0.0945. The lowest BCUT2D eigenvalue weighted by Gasteiger charge is -2.30. The largest absolute Gasteiger partial charge is 0.353 e. The molecule has 1 aliphatic rings. The Morgan fingerprint density at radius 2 is 1.67 bits per heavy atom. The third-order valence-corrected chi connectivity index (χ3v) is 6.87. The van der Waals surface area contributed by atoms with E-state index in [1.807, 2.05) is 6.07 Å². The predicted octanol–water partition coefficient (Wildman–Crippen LogP) is 5.44. The lowest BCUT2D eigenvalue weighted by molar-refractivity contribution is -0.384.